The Morgan fingerprint density at radius 2 is 2.00 bits per heavy atom. The topological polar surface area (TPSA) is 58.9 Å². The second kappa shape index (κ2) is 7.38. The van der Waals surface area contributed by atoms with Crippen LogP contribution in [0.15, 0.2) is 24.5 Å². The van der Waals surface area contributed by atoms with Gasteiger partial charge >= 0.3 is 0 Å². The summed E-state index contributed by atoms with van der Waals surface area (Å²) in [6.07, 6.45) is 5.38. The highest BCUT2D eigenvalue weighted by Crippen LogP contribution is 2.39. The van der Waals surface area contributed by atoms with Crippen molar-refractivity contribution < 1.29 is 4.39 Å². The van der Waals surface area contributed by atoms with Gasteiger partial charge in [0.05, 0.1) is 23.4 Å². The Kier molecular flexibility index (Phi) is 4.84. The lowest BCUT2D eigenvalue weighted by molar-refractivity contribution is 0.139. The molecule has 2 aliphatic rings. The smallest absolute Gasteiger partial charge is 0.227 e. The number of piperidine rings is 1. The van der Waals surface area contributed by atoms with Gasteiger partial charge in [0.1, 0.15) is 6.17 Å². The highest BCUT2D eigenvalue weighted by molar-refractivity contribution is 6.32. The summed E-state index contributed by atoms with van der Waals surface area (Å²) in [4.78, 5) is 11.0. The second-order valence-corrected chi connectivity index (χ2v) is 8.71. The molecule has 1 aromatic carbocycles. The van der Waals surface area contributed by atoms with Gasteiger partial charge in [-0.1, -0.05) is 23.2 Å². The summed E-state index contributed by atoms with van der Waals surface area (Å²) in [6, 6.07) is 4.10. The molecular formula is C20H21Cl2FN6. The van der Waals surface area contributed by atoms with Crippen molar-refractivity contribution in [3.05, 3.63) is 40.3 Å². The summed E-state index contributed by atoms with van der Waals surface area (Å²) >= 11 is 12.9. The summed E-state index contributed by atoms with van der Waals surface area (Å²) < 4.78 is 16.5. The molecule has 1 aliphatic heterocycles. The molecule has 0 spiro atoms. The van der Waals surface area contributed by atoms with Gasteiger partial charge < -0.3 is 10.2 Å². The number of nitrogens with one attached hydrogen (secondary N) is 1. The summed E-state index contributed by atoms with van der Waals surface area (Å²) in [5.41, 5.74) is 2.20. The van der Waals surface area contributed by atoms with Gasteiger partial charge in [0.25, 0.3) is 0 Å². The van der Waals surface area contributed by atoms with Gasteiger partial charge in [0.2, 0.25) is 5.95 Å². The lowest BCUT2D eigenvalue weighted by Crippen LogP contribution is -2.38. The van der Waals surface area contributed by atoms with Gasteiger partial charge in [0.15, 0.2) is 5.15 Å². The van der Waals surface area contributed by atoms with Crippen LogP contribution in [0.25, 0.3) is 10.9 Å². The quantitative estimate of drug-likeness (QED) is 0.627. The van der Waals surface area contributed by atoms with E-state index >= 15 is 0 Å². The maximum atomic E-state index is 14.7. The van der Waals surface area contributed by atoms with Crippen LogP contribution in [0.4, 0.5) is 16.0 Å². The van der Waals surface area contributed by atoms with Gasteiger partial charge in [0, 0.05) is 29.1 Å². The average Bonchev–Trinajstić information content (AvgIpc) is 3.46. The predicted octanol–water partition coefficient (Wildman–Crippen LogP) is 4.97. The van der Waals surface area contributed by atoms with Crippen molar-refractivity contribution in [1.29, 1.82) is 0 Å². The molecule has 3 heterocycles. The minimum absolute atomic E-state index is 0.222. The Hall–Kier alpha value is -1.96. The molecule has 2 fully saturated rings. The van der Waals surface area contributed by atoms with E-state index in [1.54, 1.807) is 12.4 Å². The van der Waals surface area contributed by atoms with Crippen molar-refractivity contribution >= 4 is 45.7 Å². The minimum atomic E-state index is -0.949. The van der Waals surface area contributed by atoms with E-state index in [0.29, 0.717) is 34.4 Å². The van der Waals surface area contributed by atoms with E-state index in [4.69, 9.17) is 23.2 Å². The van der Waals surface area contributed by atoms with Crippen LogP contribution in [0, 0.1) is 0 Å². The lowest BCUT2D eigenvalue weighted by Gasteiger charge is -2.33. The molecule has 2 unspecified atom stereocenters. The zero-order chi connectivity index (χ0) is 20.1. The van der Waals surface area contributed by atoms with Crippen molar-refractivity contribution in [1.82, 2.24) is 24.6 Å². The molecule has 2 atom stereocenters. The van der Waals surface area contributed by atoms with Crippen LogP contribution in [0.1, 0.15) is 36.8 Å². The highest BCUT2D eigenvalue weighted by Gasteiger charge is 2.31. The molecule has 6 nitrogen and oxygen atoms in total. The van der Waals surface area contributed by atoms with Crippen LogP contribution in [-0.4, -0.2) is 51.0 Å². The molecule has 0 bridgehead atoms. The number of nitrogens with zero attached hydrogens (tertiary/aromatic N) is 5. The molecular weight excluding hydrogens is 414 g/mol. The van der Waals surface area contributed by atoms with Crippen molar-refractivity contribution in [3.8, 4) is 0 Å². The first-order chi connectivity index (χ1) is 14.0. The molecule has 2 aromatic heterocycles. The number of hydrogen-bond donors (Lipinski definition) is 1. The summed E-state index contributed by atoms with van der Waals surface area (Å²) in [5, 5.41) is 9.42. The predicted molar refractivity (Wildman–Crippen MR) is 113 cm³/mol. The maximum Gasteiger partial charge on any atom is 0.227 e. The number of rotatable bonds is 4. The Morgan fingerprint density at radius 1 is 1.17 bits per heavy atom. The van der Waals surface area contributed by atoms with E-state index in [1.165, 1.54) is 0 Å². The molecule has 0 amide bonds. The van der Waals surface area contributed by atoms with E-state index in [-0.39, 0.29) is 5.92 Å². The third-order valence-electron chi connectivity index (χ3n) is 5.72. The number of halogens is 3. The number of fused-ring (bicyclic) bond motifs is 1. The van der Waals surface area contributed by atoms with Crippen molar-refractivity contribution in [2.24, 2.45) is 0 Å². The van der Waals surface area contributed by atoms with Gasteiger partial charge in [-0.25, -0.2) is 19.0 Å². The fourth-order valence-electron chi connectivity index (χ4n) is 3.94. The standard InChI is InChI=1S/C20H21Cl2FN6/c1-28-5-4-13(16(23)10-28)14-7-17-11(6-15(14)21)8-24-20(26-17)27-18-9-25-29(19(18)22)12-2-3-12/h6-9,12-13,16H,2-5,10H2,1H3,(H,24,26,27). The number of likely N-dealkylation sites (tertiary alicyclic amines) is 1. The van der Waals surface area contributed by atoms with Crippen molar-refractivity contribution in [3.63, 3.8) is 0 Å². The van der Waals surface area contributed by atoms with Crippen LogP contribution in [-0.2, 0) is 0 Å². The molecule has 152 valence electrons. The number of anilines is 2. The van der Waals surface area contributed by atoms with Crippen LogP contribution >= 0.6 is 23.2 Å². The van der Waals surface area contributed by atoms with E-state index in [9.17, 15) is 4.39 Å². The second-order valence-electron chi connectivity index (χ2n) is 7.95. The zero-order valence-corrected chi connectivity index (χ0v) is 17.5. The summed E-state index contributed by atoms with van der Waals surface area (Å²) in [5.74, 6) is 0.198. The SMILES string of the molecule is CN1CCC(c2cc3nc(Nc4cnn(C5CC5)c4Cl)ncc3cc2Cl)C(F)C1. The molecule has 3 aromatic rings. The monoisotopic (exact) mass is 434 g/mol. The van der Waals surface area contributed by atoms with E-state index in [0.717, 1.165) is 42.3 Å². The molecule has 1 saturated carbocycles. The van der Waals surface area contributed by atoms with Gasteiger partial charge in [-0.15, -0.1) is 0 Å². The first-order valence-corrected chi connectivity index (χ1v) is 10.5. The normalized spacial score (nSPS) is 22.9. The first-order valence-electron chi connectivity index (χ1n) is 9.78. The summed E-state index contributed by atoms with van der Waals surface area (Å²) in [6.45, 7) is 1.26. The number of hydrogen-bond acceptors (Lipinski definition) is 5. The molecule has 5 rings (SSSR count). The fraction of sp³-hybridized carbons (Fsp3) is 0.450. The number of alkyl halides is 1. The molecule has 0 radical (unpaired) electrons. The lowest BCUT2D eigenvalue weighted by atomic mass is 9.87. The van der Waals surface area contributed by atoms with Crippen molar-refractivity contribution in [2.45, 2.75) is 37.4 Å². The number of benzene rings is 1. The fourth-order valence-corrected chi connectivity index (χ4v) is 4.53. The van der Waals surface area contributed by atoms with Crippen molar-refractivity contribution in [2.75, 3.05) is 25.5 Å². The zero-order valence-electron chi connectivity index (χ0n) is 15.9. The van der Waals surface area contributed by atoms with E-state index in [1.807, 2.05) is 28.8 Å². The average molecular weight is 435 g/mol. The minimum Gasteiger partial charge on any atom is -0.320 e. The molecule has 29 heavy (non-hydrogen) atoms. The van der Waals surface area contributed by atoms with Gasteiger partial charge in [-0.2, -0.15) is 5.10 Å². The summed E-state index contributed by atoms with van der Waals surface area (Å²) in [7, 11) is 1.94. The van der Waals surface area contributed by atoms with E-state index in [2.05, 4.69) is 20.4 Å². The first kappa shape index (κ1) is 19.0. The molecule has 1 aliphatic carbocycles. The molecule has 1 saturated heterocycles. The Labute approximate surface area is 178 Å². The van der Waals surface area contributed by atoms with Crippen LogP contribution in [0.5, 0.6) is 0 Å². The maximum absolute atomic E-state index is 14.7. The van der Waals surface area contributed by atoms with E-state index < -0.39 is 6.17 Å². The Bertz CT molecular complexity index is 1070. The Morgan fingerprint density at radius 3 is 2.76 bits per heavy atom. The highest BCUT2D eigenvalue weighted by atomic mass is 35.5. The molecule has 1 N–H and O–H groups in total. The molecule has 9 heteroatoms. The van der Waals surface area contributed by atoms with Gasteiger partial charge in [-0.05, 0) is 50.6 Å². The third kappa shape index (κ3) is 3.67. The largest absolute Gasteiger partial charge is 0.320 e. The Balaban J connectivity index is 1.45. The van der Waals surface area contributed by atoms with Crippen LogP contribution in [0.2, 0.25) is 10.2 Å². The third-order valence-corrected chi connectivity index (χ3v) is 6.42. The van der Waals surface area contributed by atoms with Gasteiger partial charge in [-0.3, -0.25) is 0 Å². The van der Waals surface area contributed by atoms with Crippen LogP contribution < -0.4 is 5.32 Å². The number of aromatic nitrogens is 4. The van der Waals surface area contributed by atoms with Crippen LogP contribution in [0.3, 0.4) is 0 Å².